The molecule has 2 heterocycles. The van der Waals surface area contributed by atoms with Crippen LogP contribution in [0.3, 0.4) is 0 Å². The first-order valence-corrected chi connectivity index (χ1v) is 7.78. The van der Waals surface area contributed by atoms with Gasteiger partial charge in [0.1, 0.15) is 5.69 Å². The molecule has 0 aromatic carbocycles. The average Bonchev–Trinajstić information content (AvgIpc) is 2.95. The number of amides is 1. The van der Waals surface area contributed by atoms with Crippen molar-refractivity contribution >= 4 is 5.91 Å². The number of carbonyl (C=O) groups is 1. The third-order valence-corrected chi connectivity index (χ3v) is 3.84. The summed E-state index contributed by atoms with van der Waals surface area (Å²) in [5, 5.41) is 19.9. The van der Waals surface area contributed by atoms with Crippen molar-refractivity contribution in [1.82, 2.24) is 20.4 Å². The predicted molar refractivity (Wildman–Crippen MR) is 81.2 cm³/mol. The molecule has 1 aromatic rings. The maximum atomic E-state index is 12.1. The van der Waals surface area contributed by atoms with Gasteiger partial charge in [-0.2, -0.15) is 5.10 Å². The van der Waals surface area contributed by atoms with Crippen LogP contribution in [0, 0.1) is 5.92 Å². The van der Waals surface area contributed by atoms with Crippen molar-refractivity contribution in [3.8, 4) is 0 Å². The highest BCUT2D eigenvalue weighted by atomic mass is 16.3. The molecule has 3 unspecified atom stereocenters. The summed E-state index contributed by atoms with van der Waals surface area (Å²) < 4.78 is 1.89. The van der Waals surface area contributed by atoms with Gasteiger partial charge in [-0.1, -0.05) is 6.92 Å². The van der Waals surface area contributed by atoms with Crippen molar-refractivity contribution in [2.45, 2.75) is 45.3 Å². The normalized spacial score (nSPS) is 21.8. The number of carbonyl (C=O) groups excluding carboxylic acids is 1. The summed E-state index contributed by atoms with van der Waals surface area (Å²) in [6.07, 6.45) is 4.47. The van der Waals surface area contributed by atoms with Crippen LogP contribution < -0.4 is 10.6 Å². The van der Waals surface area contributed by atoms with Crippen LogP contribution >= 0.6 is 0 Å². The largest absolute Gasteiger partial charge is 0.393 e. The van der Waals surface area contributed by atoms with Crippen LogP contribution in [-0.4, -0.2) is 46.5 Å². The zero-order valence-electron chi connectivity index (χ0n) is 12.9. The van der Waals surface area contributed by atoms with Crippen LogP contribution in [0.2, 0.25) is 0 Å². The lowest BCUT2D eigenvalue weighted by atomic mass is 10.0. The van der Waals surface area contributed by atoms with Crippen LogP contribution in [0.25, 0.3) is 0 Å². The Labute approximate surface area is 125 Å². The summed E-state index contributed by atoms with van der Waals surface area (Å²) in [6, 6.07) is 2.11. The molecule has 1 aliphatic rings. The minimum Gasteiger partial charge on any atom is -0.393 e. The van der Waals surface area contributed by atoms with Crippen LogP contribution in [-0.2, 0) is 0 Å². The molecule has 118 valence electrons. The van der Waals surface area contributed by atoms with Crippen molar-refractivity contribution in [1.29, 1.82) is 0 Å². The lowest BCUT2D eigenvalue weighted by Crippen LogP contribution is -2.32. The van der Waals surface area contributed by atoms with Gasteiger partial charge in [0.15, 0.2) is 0 Å². The van der Waals surface area contributed by atoms with Crippen LogP contribution in [0.4, 0.5) is 0 Å². The van der Waals surface area contributed by atoms with Crippen molar-refractivity contribution < 1.29 is 9.90 Å². The number of nitrogens with one attached hydrogen (secondary N) is 2. The average molecular weight is 294 g/mol. The molecule has 1 amide bonds. The van der Waals surface area contributed by atoms with Gasteiger partial charge in [-0.25, -0.2) is 0 Å². The fourth-order valence-electron chi connectivity index (χ4n) is 2.74. The Kier molecular flexibility index (Phi) is 5.76. The Morgan fingerprint density at radius 2 is 2.43 bits per heavy atom. The highest BCUT2D eigenvalue weighted by Gasteiger charge is 2.18. The van der Waals surface area contributed by atoms with E-state index in [2.05, 4.69) is 15.7 Å². The van der Waals surface area contributed by atoms with Gasteiger partial charge in [0.25, 0.3) is 5.91 Å². The molecule has 21 heavy (non-hydrogen) atoms. The number of aromatic nitrogens is 2. The zero-order valence-corrected chi connectivity index (χ0v) is 12.9. The number of aliphatic hydroxyl groups excluding tert-OH is 1. The molecule has 3 atom stereocenters. The monoisotopic (exact) mass is 294 g/mol. The van der Waals surface area contributed by atoms with E-state index in [1.807, 2.05) is 17.8 Å². The first kappa shape index (κ1) is 16.0. The number of hydrogen-bond acceptors (Lipinski definition) is 4. The smallest absolute Gasteiger partial charge is 0.271 e. The molecule has 0 saturated carbocycles. The molecule has 1 saturated heterocycles. The van der Waals surface area contributed by atoms with E-state index in [0.29, 0.717) is 24.7 Å². The van der Waals surface area contributed by atoms with Crippen molar-refractivity contribution in [3.05, 3.63) is 18.0 Å². The third-order valence-electron chi connectivity index (χ3n) is 3.84. The molecule has 6 heteroatoms. The standard InChI is InChI=1S/C15H26N4O2/c1-11(8-12(2)20)9-17-15(21)14-5-7-19(18-14)13-4-3-6-16-10-13/h5,7,11-13,16,20H,3-4,6,8-10H2,1-2H3,(H,17,21). The summed E-state index contributed by atoms with van der Waals surface area (Å²) in [6.45, 7) is 6.31. The maximum Gasteiger partial charge on any atom is 0.271 e. The molecule has 0 radical (unpaired) electrons. The highest BCUT2D eigenvalue weighted by Crippen LogP contribution is 2.15. The van der Waals surface area contributed by atoms with E-state index in [9.17, 15) is 9.90 Å². The Morgan fingerprint density at radius 1 is 1.62 bits per heavy atom. The van der Waals surface area contributed by atoms with Gasteiger partial charge in [-0.15, -0.1) is 0 Å². The van der Waals surface area contributed by atoms with E-state index >= 15 is 0 Å². The topological polar surface area (TPSA) is 79.2 Å². The van der Waals surface area contributed by atoms with E-state index in [-0.39, 0.29) is 17.9 Å². The second kappa shape index (κ2) is 7.56. The Hall–Kier alpha value is -1.40. The molecular weight excluding hydrogens is 268 g/mol. The van der Waals surface area contributed by atoms with Crippen molar-refractivity contribution in [2.75, 3.05) is 19.6 Å². The van der Waals surface area contributed by atoms with Gasteiger partial charge in [-0.3, -0.25) is 9.48 Å². The number of nitrogens with zero attached hydrogens (tertiary/aromatic N) is 2. The van der Waals surface area contributed by atoms with E-state index in [1.165, 1.54) is 0 Å². The number of aliphatic hydroxyl groups is 1. The second-order valence-corrected chi connectivity index (χ2v) is 6.08. The molecule has 1 fully saturated rings. The SMILES string of the molecule is CC(O)CC(C)CNC(=O)c1ccn(C2CCCNC2)n1. The van der Waals surface area contributed by atoms with Gasteiger partial charge < -0.3 is 15.7 Å². The lowest BCUT2D eigenvalue weighted by Gasteiger charge is -2.22. The minimum absolute atomic E-state index is 0.144. The van der Waals surface area contributed by atoms with Crippen molar-refractivity contribution in [3.63, 3.8) is 0 Å². The molecule has 1 aliphatic heterocycles. The van der Waals surface area contributed by atoms with E-state index in [4.69, 9.17) is 0 Å². The quantitative estimate of drug-likeness (QED) is 0.730. The molecule has 2 rings (SSSR count). The first-order valence-electron chi connectivity index (χ1n) is 7.78. The molecule has 1 aromatic heterocycles. The molecule has 0 aliphatic carbocycles. The lowest BCUT2D eigenvalue weighted by molar-refractivity contribution is 0.0933. The van der Waals surface area contributed by atoms with E-state index in [1.54, 1.807) is 13.0 Å². The van der Waals surface area contributed by atoms with Crippen LogP contribution in [0.5, 0.6) is 0 Å². The number of piperidine rings is 1. The molecule has 6 nitrogen and oxygen atoms in total. The zero-order chi connectivity index (χ0) is 15.2. The molecule has 0 spiro atoms. The fourth-order valence-corrected chi connectivity index (χ4v) is 2.74. The summed E-state index contributed by atoms with van der Waals surface area (Å²) >= 11 is 0. The summed E-state index contributed by atoms with van der Waals surface area (Å²) in [5.41, 5.74) is 0.463. The maximum absolute atomic E-state index is 12.1. The fraction of sp³-hybridized carbons (Fsp3) is 0.733. The first-order chi connectivity index (χ1) is 10.1. The van der Waals surface area contributed by atoms with Gasteiger partial charge in [-0.05, 0) is 44.7 Å². The second-order valence-electron chi connectivity index (χ2n) is 6.08. The Morgan fingerprint density at radius 3 is 3.10 bits per heavy atom. The molecule has 3 N–H and O–H groups in total. The Balaban J connectivity index is 1.84. The van der Waals surface area contributed by atoms with Crippen LogP contribution in [0.15, 0.2) is 12.3 Å². The highest BCUT2D eigenvalue weighted by molar-refractivity contribution is 5.92. The number of rotatable bonds is 6. The molecular formula is C15H26N4O2. The minimum atomic E-state index is -0.338. The van der Waals surface area contributed by atoms with E-state index in [0.717, 1.165) is 25.9 Å². The van der Waals surface area contributed by atoms with Gasteiger partial charge >= 0.3 is 0 Å². The third kappa shape index (κ3) is 4.82. The summed E-state index contributed by atoms with van der Waals surface area (Å²) in [7, 11) is 0. The number of hydrogen-bond donors (Lipinski definition) is 3. The van der Waals surface area contributed by atoms with E-state index < -0.39 is 0 Å². The molecule has 0 bridgehead atoms. The summed E-state index contributed by atoms with van der Waals surface area (Å²) in [4.78, 5) is 12.1. The van der Waals surface area contributed by atoms with Gasteiger partial charge in [0.05, 0.1) is 12.1 Å². The Bertz CT molecular complexity index is 452. The van der Waals surface area contributed by atoms with Crippen LogP contribution in [0.1, 0.15) is 49.6 Å². The van der Waals surface area contributed by atoms with Crippen molar-refractivity contribution in [2.24, 2.45) is 5.92 Å². The van der Waals surface area contributed by atoms with Gasteiger partial charge in [0.2, 0.25) is 0 Å². The summed E-state index contributed by atoms with van der Waals surface area (Å²) in [5.74, 6) is 0.105. The predicted octanol–water partition coefficient (Wildman–Crippen LogP) is 0.944. The van der Waals surface area contributed by atoms with Gasteiger partial charge in [0, 0.05) is 19.3 Å².